The Labute approximate surface area is 143 Å². The Hall–Kier alpha value is -1.55. The van der Waals surface area contributed by atoms with Gasteiger partial charge in [-0.25, -0.2) is 5.43 Å². The van der Waals surface area contributed by atoms with Crippen molar-refractivity contribution in [3.63, 3.8) is 0 Å². The van der Waals surface area contributed by atoms with Crippen LogP contribution in [0.25, 0.3) is 0 Å². The van der Waals surface area contributed by atoms with Gasteiger partial charge in [-0.15, -0.1) is 0 Å². The van der Waals surface area contributed by atoms with Crippen molar-refractivity contribution in [1.29, 1.82) is 0 Å². The highest BCUT2D eigenvalue weighted by Gasteiger charge is 2.05. The Bertz CT molecular complexity index is 712. The van der Waals surface area contributed by atoms with Crippen LogP contribution in [0.2, 0.25) is 15.1 Å². The fourth-order valence-electron chi connectivity index (χ4n) is 1.76. The van der Waals surface area contributed by atoms with E-state index < -0.39 is 0 Å². The van der Waals surface area contributed by atoms with Crippen LogP contribution in [-0.2, 0) is 11.2 Å². The number of carbonyl (C=O) groups is 1. The normalized spacial score (nSPS) is 11.4. The van der Waals surface area contributed by atoms with Crippen molar-refractivity contribution >= 4 is 46.4 Å². The number of hydrazone groups is 1. The molecule has 0 aliphatic heterocycles. The van der Waals surface area contributed by atoms with Crippen molar-refractivity contribution in [2.45, 2.75) is 13.3 Å². The molecule has 0 saturated carbocycles. The van der Waals surface area contributed by atoms with Crippen LogP contribution in [0.15, 0.2) is 47.6 Å². The highest BCUT2D eigenvalue weighted by molar-refractivity contribution is 6.42. The Morgan fingerprint density at radius 1 is 1.05 bits per heavy atom. The fourth-order valence-corrected chi connectivity index (χ4v) is 2.18. The summed E-state index contributed by atoms with van der Waals surface area (Å²) in [6, 6.07) is 12.3. The van der Waals surface area contributed by atoms with Crippen molar-refractivity contribution in [2.75, 3.05) is 0 Å². The van der Waals surface area contributed by atoms with Crippen molar-refractivity contribution in [1.82, 2.24) is 5.43 Å². The smallest absolute Gasteiger partial charge is 0.244 e. The number of rotatable bonds is 4. The van der Waals surface area contributed by atoms with Gasteiger partial charge in [-0.3, -0.25) is 4.79 Å². The summed E-state index contributed by atoms with van der Waals surface area (Å²) in [4.78, 5) is 11.9. The first-order chi connectivity index (χ1) is 10.5. The molecule has 2 rings (SSSR count). The zero-order chi connectivity index (χ0) is 16.1. The monoisotopic (exact) mass is 354 g/mol. The Morgan fingerprint density at radius 3 is 2.36 bits per heavy atom. The van der Waals surface area contributed by atoms with Crippen LogP contribution in [0.5, 0.6) is 0 Å². The van der Waals surface area contributed by atoms with Gasteiger partial charge in [-0.2, -0.15) is 5.10 Å². The maximum Gasteiger partial charge on any atom is 0.244 e. The van der Waals surface area contributed by atoms with Gasteiger partial charge in [0.25, 0.3) is 0 Å². The molecule has 2 aromatic rings. The van der Waals surface area contributed by atoms with Gasteiger partial charge < -0.3 is 0 Å². The van der Waals surface area contributed by atoms with E-state index in [1.165, 1.54) is 0 Å². The number of nitrogens with zero attached hydrogens (tertiary/aromatic N) is 1. The van der Waals surface area contributed by atoms with Gasteiger partial charge in [0.05, 0.1) is 22.2 Å². The number of carbonyl (C=O) groups excluding carboxylic acids is 1. The number of nitrogens with one attached hydrogen (secondary N) is 1. The summed E-state index contributed by atoms with van der Waals surface area (Å²) in [5, 5.41) is 5.63. The summed E-state index contributed by atoms with van der Waals surface area (Å²) >= 11 is 17.6. The molecule has 22 heavy (non-hydrogen) atoms. The molecule has 0 aliphatic rings. The zero-order valence-corrected chi connectivity index (χ0v) is 14.0. The van der Waals surface area contributed by atoms with E-state index in [1.54, 1.807) is 49.4 Å². The average Bonchev–Trinajstić information content (AvgIpc) is 2.50. The van der Waals surface area contributed by atoms with E-state index in [4.69, 9.17) is 34.8 Å². The highest BCUT2D eigenvalue weighted by atomic mass is 35.5. The van der Waals surface area contributed by atoms with Crippen LogP contribution in [0.1, 0.15) is 18.1 Å². The standard InChI is InChI=1S/C16H13Cl3N2O/c1-10(12-4-7-14(18)15(19)9-12)20-21-16(22)8-11-2-5-13(17)6-3-11/h2-7,9H,8H2,1H3,(H,21,22)/b20-10+. The molecule has 0 radical (unpaired) electrons. The van der Waals surface area contributed by atoms with Crippen LogP contribution in [0, 0.1) is 0 Å². The molecular formula is C16H13Cl3N2O. The third-order valence-corrected chi connectivity index (χ3v) is 3.95. The minimum absolute atomic E-state index is 0.207. The average molecular weight is 356 g/mol. The second-order valence-electron chi connectivity index (χ2n) is 4.66. The molecule has 0 aromatic heterocycles. The molecule has 0 spiro atoms. The Kier molecular flexibility index (Phi) is 5.83. The highest BCUT2D eigenvalue weighted by Crippen LogP contribution is 2.22. The van der Waals surface area contributed by atoms with Crippen LogP contribution >= 0.6 is 34.8 Å². The van der Waals surface area contributed by atoms with Crippen molar-refractivity contribution in [3.05, 3.63) is 68.7 Å². The number of amides is 1. The number of hydrogen-bond donors (Lipinski definition) is 1. The van der Waals surface area contributed by atoms with E-state index in [-0.39, 0.29) is 12.3 Å². The van der Waals surface area contributed by atoms with E-state index in [2.05, 4.69) is 10.5 Å². The van der Waals surface area contributed by atoms with Gasteiger partial charge in [0.15, 0.2) is 0 Å². The molecule has 0 unspecified atom stereocenters. The van der Waals surface area contributed by atoms with Gasteiger partial charge in [-0.1, -0.05) is 53.0 Å². The molecule has 1 N–H and O–H groups in total. The maximum absolute atomic E-state index is 11.9. The zero-order valence-electron chi connectivity index (χ0n) is 11.7. The van der Waals surface area contributed by atoms with E-state index in [1.807, 2.05) is 0 Å². The third-order valence-electron chi connectivity index (χ3n) is 2.96. The second kappa shape index (κ2) is 7.63. The molecule has 6 heteroatoms. The minimum atomic E-state index is -0.207. The first-order valence-corrected chi connectivity index (χ1v) is 7.62. The molecule has 0 aliphatic carbocycles. The van der Waals surface area contributed by atoms with E-state index in [0.717, 1.165) is 11.1 Å². The van der Waals surface area contributed by atoms with E-state index in [9.17, 15) is 4.79 Å². The molecule has 0 saturated heterocycles. The molecule has 114 valence electrons. The molecule has 2 aromatic carbocycles. The summed E-state index contributed by atoms with van der Waals surface area (Å²) < 4.78 is 0. The molecule has 1 amide bonds. The lowest BCUT2D eigenvalue weighted by Gasteiger charge is -2.05. The Morgan fingerprint density at radius 2 is 1.73 bits per heavy atom. The predicted molar refractivity (Wildman–Crippen MR) is 92.0 cm³/mol. The minimum Gasteiger partial charge on any atom is -0.273 e. The second-order valence-corrected chi connectivity index (χ2v) is 5.92. The summed E-state index contributed by atoms with van der Waals surface area (Å²) in [7, 11) is 0. The van der Waals surface area contributed by atoms with Crippen molar-refractivity contribution < 1.29 is 4.79 Å². The van der Waals surface area contributed by atoms with Crippen LogP contribution < -0.4 is 5.43 Å². The van der Waals surface area contributed by atoms with Crippen LogP contribution in [0.3, 0.4) is 0 Å². The van der Waals surface area contributed by atoms with Gasteiger partial charge in [0.2, 0.25) is 5.91 Å². The lowest BCUT2D eigenvalue weighted by atomic mass is 10.1. The maximum atomic E-state index is 11.9. The number of halogens is 3. The molecule has 0 heterocycles. The summed E-state index contributed by atoms with van der Waals surface area (Å²) in [6.45, 7) is 1.78. The largest absolute Gasteiger partial charge is 0.273 e. The Balaban J connectivity index is 1.99. The van der Waals surface area contributed by atoms with Crippen LogP contribution in [0.4, 0.5) is 0 Å². The van der Waals surface area contributed by atoms with Gasteiger partial charge >= 0.3 is 0 Å². The molecule has 0 atom stereocenters. The SMILES string of the molecule is C/C(=N\NC(=O)Cc1ccc(Cl)cc1)c1ccc(Cl)c(Cl)c1. The summed E-state index contributed by atoms with van der Waals surface area (Å²) in [6.07, 6.45) is 0.231. The van der Waals surface area contributed by atoms with Gasteiger partial charge in [0, 0.05) is 5.02 Å². The first kappa shape index (κ1) is 16.8. The predicted octanol–water partition coefficient (Wildman–Crippen LogP) is 4.73. The van der Waals surface area contributed by atoms with E-state index in [0.29, 0.717) is 20.8 Å². The lowest BCUT2D eigenvalue weighted by Crippen LogP contribution is -2.21. The summed E-state index contributed by atoms with van der Waals surface area (Å²) in [5.41, 5.74) is 4.82. The van der Waals surface area contributed by atoms with Gasteiger partial charge in [-0.05, 0) is 42.3 Å². The molecule has 0 fully saturated rings. The molecule has 0 bridgehead atoms. The third kappa shape index (κ3) is 4.73. The number of hydrogen-bond acceptors (Lipinski definition) is 2. The van der Waals surface area contributed by atoms with Crippen molar-refractivity contribution in [3.8, 4) is 0 Å². The molecule has 3 nitrogen and oxygen atoms in total. The van der Waals surface area contributed by atoms with Crippen molar-refractivity contribution in [2.24, 2.45) is 5.10 Å². The topological polar surface area (TPSA) is 41.5 Å². The fraction of sp³-hybridized carbons (Fsp3) is 0.125. The van der Waals surface area contributed by atoms with Crippen LogP contribution in [-0.4, -0.2) is 11.6 Å². The summed E-state index contributed by atoms with van der Waals surface area (Å²) in [5.74, 6) is -0.207. The lowest BCUT2D eigenvalue weighted by molar-refractivity contribution is -0.120. The molecular weight excluding hydrogens is 343 g/mol. The first-order valence-electron chi connectivity index (χ1n) is 6.48. The van der Waals surface area contributed by atoms with E-state index >= 15 is 0 Å². The quantitative estimate of drug-likeness (QED) is 0.625. The number of benzene rings is 2. The van der Waals surface area contributed by atoms with Gasteiger partial charge in [0.1, 0.15) is 0 Å².